The fourth-order valence-electron chi connectivity index (χ4n) is 2.72. The van der Waals surface area contributed by atoms with Gasteiger partial charge in [-0.25, -0.2) is 0 Å². The van der Waals surface area contributed by atoms with Gasteiger partial charge in [0, 0.05) is 25.2 Å². The molecule has 18 heavy (non-hydrogen) atoms. The summed E-state index contributed by atoms with van der Waals surface area (Å²) in [6, 6.07) is 0. The van der Waals surface area contributed by atoms with E-state index in [4.69, 9.17) is 10.5 Å². The molecule has 0 aromatic rings. The zero-order chi connectivity index (χ0) is 13.0. The highest BCUT2D eigenvalue weighted by Gasteiger charge is 2.33. The SMILES string of the molecule is CN(CCOCC1CC1)C(C)(CN)CC1CCC1. The van der Waals surface area contributed by atoms with Gasteiger partial charge in [-0.3, -0.25) is 4.90 Å². The molecule has 0 saturated heterocycles. The predicted octanol–water partition coefficient (Wildman–Crippen LogP) is 2.25. The molecule has 2 aliphatic rings. The van der Waals surface area contributed by atoms with Crippen molar-refractivity contribution >= 4 is 0 Å². The maximum absolute atomic E-state index is 6.02. The highest BCUT2D eigenvalue weighted by atomic mass is 16.5. The highest BCUT2D eigenvalue weighted by Crippen LogP contribution is 2.35. The lowest BCUT2D eigenvalue weighted by atomic mass is 9.76. The Labute approximate surface area is 112 Å². The van der Waals surface area contributed by atoms with E-state index in [1.807, 2.05) is 0 Å². The topological polar surface area (TPSA) is 38.5 Å². The quantitative estimate of drug-likeness (QED) is 0.641. The molecule has 0 bridgehead atoms. The normalized spacial score (nSPS) is 24.0. The standard InChI is InChI=1S/C15H30N2O/c1-15(12-16,10-13-4-3-5-13)17(2)8-9-18-11-14-6-7-14/h13-14H,3-12,16H2,1-2H3. The molecular formula is C15H30N2O. The Bertz CT molecular complexity index is 251. The average Bonchev–Trinajstić information content (AvgIpc) is 3.13. The lowest BCUT2D eigenvalue weighted by Gasteiger charge is -2.42. The molecule has 0 amide bonds. The van der Waals surface area contributed by atoms with E-state index in [0.717, 1.165) is 38.1 Å². The Morgan fingerprint density at radius 2 is 1.94 bits per heavy atom. The Morgan fingerprint density at radius 1 is 1.22 bits per heavy atom. The first-order valence-corrected chi connectivity index (χ1v) is 7.63. The van der Waals surface area contributed by atoms with Crippen LogP contribution in [0.5, 0.6) is 0 Å². The number of likely N-dealkylation sites (N-methyl/N-ethyl adjacent to an activating group) is 1. The van der Waals surface area contributed by atoms with E-state index in [2.05, 4.69) is 18.9 Å². The summed E-state index contributed by atoms with van der Waals surface area (Å²) in [5.41, 5.74) is 6.18. The van der Waals surface area contributed by atoms with E-state index in [-0.39, 0.29) is 5.54 Å². The second-order valence-electron chi connectivity index (χ2n) is 6.64. The number of hydrogen-bond acceptors (Lipinski definition) is 3. The Kier molecular flexibility index (Phi) is 5.05. The van der Waals surface area contributed by atoms with Crippen molar-refractivity contribution in [2.75, 3.05) is 33.4 Å². The van der Waals surface area contributed by atoms with Gasteiger partial charge in [-0.1, -0.05) is 19.3 Å². The van der Waals surface area contributed by atoms with Crippen LogP contribution in [0.25, 0.3) is 0 Å². The van der Waals surface area contributed by atoms with Crippen LogP contribution in [0.1, 0.15) is 45.4 Å². The third-order valence-electron chi connectivity index (χ3n) is 4.94. The van der Waals surface area contributed by atoms with Gasteiger partial charge in [-0.15, -0.1) is 0 Å². The molecule has 106 valence electrons. The molecule has 3 nitrogen and oxygen atoms in total. The molecule has 0 aromatic carbocycles. The van der Waals surface area contributed by atoms with Crippen molar-refractivity contribution in [3.8, 4) is 0 Å². The van der Waals surface area contributed by atoms with Crippen molar-refractivity contribution in [3.63, 3.8) is 0 Å². The zero-order valence-corrected chi connectivity index (χ0v) is 12.2. The van der Waals surface area contributed by atoms with Crippen LogP contribution in [0.3, 0.4) is 0 Å². The lowest BCUT2D eigenvalue weighted by molar-refractivity contribution is 0.0470. The number of rotatable bonds is 9. The molecule has 3 heteroatoms. The molecule has 2 rings (SSSR count). The summed E-state index contributed by atoms with van der Waals surface area (Å²) in [4.78, 5) is 2.41. The lowest BCUT2D eigenvalue weighted by Crippen LogP contribution is -2.52. The Morgan fingerprint density at radius 3 is 2.44 bits per heavy atom. The van der Waals surface area contributed by atoms with Crippen LogP contribution >= 0.6 is 0 Å². The number of nitrogens with two attached hydrogens (primary N) is 1. The van der Waals surface area contributed by atoms with E-state index in [9.17, 15) is 0 Å². The molecule has 0 spiro atoms. The third-order valence-corrected chi connectivity index (χ3v) is 4.94. The number of ether oxygens (including phenoxy) is 1. The molecule has 2 fully saturated rings. The minimum atomic E-state index is 0.161. The summed E-state index contributed by atoms with van der Waals surface area (Å²) in [5.74, 6) is 1.78. The minimum absolute atomic E-state index is 0.161. The Hall–Kier alpha value is -0.120. The van der Waals surface area contributed by atoms with Crippen LogP contribution in [-0.2, 0) is 4.74 Å². The molecular weight excluding hydrogens is 224 g/mol. The van der Waals surface area contributed by atoms with Gasteiger partial charge in [-0.2, -0.15) is 0 Å². The van der Waals surface area contributed by atoms with Gasteiger partial charge in [0.25, 0.3) is 0 Å². The second kappa shape index (κ2) is 6.36. The van der Waals surface area contributed by atoms with Crippen molar-refractivity contribution in [2.45, 2.75) is 51.0 Å². The minimum Gasteiger partial charge on any atom is -0.380 e. The average molecular weight is 254 g/mol. The van der Waals surface area contributed by atoms with Gasteiger partial charge in [0.15, 0.2) is 0 Å². The van der Waals surface area contributed by atoms with Crippen molar-refractivity contribution in [2.24, 2.45) is 17.6 Å². The zero-order valence-electron chi connectivity index (χ0n) is 12.2. The third kappa shape index (κ3) is 3.94. The summed E-state index contributed by atoms with van der Waals surface area (Å²) in [7, 11) is 2.20. The van der Waals surface area contributed by atoms with E-state index < -0.39 is 0 Å². The maximum atomic E-state index is 6.02. The fourth-order valence-corrected chi connectivity index (χ4v) is 2.72. The molecule has 0 aromatic heterocycles. The van der Waals surface area contributed by atoms with Gasteiger partial charge in [0.2, 0.25) is 0 Å². The van der Waals surface area contributed by atoms with Crippen molar-refractivity contribution < 1.29 is 4.74 Å². The molecule has 1 unspecified atom stereocenters. The van der Waals surface area contributed by atoms with Crippen LogP contribution in [0.2, 0.25) is 0 Å². The van der Waals surface area contributed by atoms with Crippen LogP contribution < -0.4 is 5.73 Å². The number of nitrogens with zero attached hydrogens (tertiary/aromatic N) is 1. The van der Waals surface area contributed by atoms with E-state index >= 15 is 0 Å². The fraction of sp³-hybridized carbons (Fsp3) is 1.00. The molecule has 0 heterocycles. The summed E-state index contributed by atoms with van der Waals surface area (Å²) < 4.78 is 5.73. The number of hydrogen-bond donors (Lipinski definition) is 1. The van der Waals surface area contributed by atoms with Gasteiger partial charge < -0.3 is 10.5 Å². The van der Waals surface area contributed by atoms with Gasteiger partial charge in [0.1, 0.15) is 0 Å². The largest absolute Gasteiger partial charge is 0.380 e. The van der Waals surface area contributed by atoms with Gasteiger partial charge in [-0.05, 0) is 45.1 Å². The Balaban J connectivity index is 1.66. The van der Waals surface area contributed by atoms with Crippen LogP contribution in [0.15, 0.2) is 0 Å². The van der Waals surface area contributed by atoms with E-state index in [1.54, 1.807) is 0 Å². The van der Waals surface area contributed by atoms with Gasteiger partial charge >= 0.3 is 0 Å². The van der Waals surface area contributed by atoms with Crippen molar-refractivity contribution in [3.05, 3.63) is 0 Å². The molecule has 2 N–H and O–H groups in total. The van der Waals surface area contributed by atoms with Crippen LogP contribution in [0.4, 0.5) is 0 Å². The summed E-state index contributed by atoms with van der Waals surface area (Å²) in [5, 5.41) is 0. The van der Waals surface area contributed by atoms with Crippen LogP contribution in [-0.4, -0.2) is 43.8 Å². The molecule has 0 aliphatic heterocycles. The first kappa shape index (κ1) is 14.3. The molecule has 2 aliphatic carbocycles. The molecule has 1 atom stereocenters. The first-order chi connectivity index (χ1) is 8.64. The molecule has 2 saturated carbocycles. The second-order valence-corrected chi connectivity index (χ2v) is 6.64. The van der Waals surface area contributed by atoms with E-state index in [1.165, 1.54) is 38.5 Å². The van der Waals surface area contributed by atoms with Crippen molar-refractivity contribution in [1.29, 1.82) is 0 Å². The van der Waals surface area contributed by atoms with E-state index in [0.29, 0.717) is 0 Å². The summed E-state index contributed by atoms with van der Waals surface area (Å²) in [6.07, 6.45) is 8.22. The maximum Gasteiger partial charge on any atom is 0.0593 e. The highest BCUT2D eigenvalue weighted by molar-refractivity contribution is 4.90. The summed E-state index contributed by atoms with van der Waals surface area (Å²) in [6.45, 7) is 5.89. The smallest absolute Gasteiger partial charge is 0.0593 e. The molecule has 0 radical (unpaired) electrons. The monoisotopic (exact) mass is 254 g/mol. The van der Waals surface area contributed by atoms with Crippen LogP contribution in [0, 0.1) is 11.8 Å². The predicted molar refractivity (Wildman–Crippen MR) is 75.6 cm³/mol. The van der Waals surface area contributed by atoms with Crippen molar-refractivity contribution in [1.82, 2.24) is 4.90 Å². The van der Waals surface area contributed by atoms with Gasteiger partial charge in [0.05, 0.1) is 6.61 Å². The first-order valence-electron chi connectivity index (χ1n) is 7.63. The summed E-state index contributed by atoms with van der Waals surface area (Å²) >= 11 is 0.